The number of ether oxygens (including phenoxy) is 1. The molecule has 122 valence electrons. The second-order valence-electron chi connectivity index (χ2n) is 6.27. The first-order valence-corrected chi connectivity index (χ1v) is 8.11. The number of hydrogen-bond acceptors (Lipinski definition) is 4. The van der Waals surface area contributed by atoms with E-state index in [0.717, 1.165) is 22.3 Å². The maximum atomic E-state index is 11.8. The van der Waals surface area contributed by atoms with Gasteiger partial charge in [0.05, 0.1) is 5.56 Å². The molecule has 2 heterocycles. The molecule has 4 nitrogen and oxygen atoms in total. The Morgan fingerprint density at radius 3 is 2.71 bits per heavy atom. The molecule has 1 aromatic heterocycles. The number of nitrogens with zero attached hydrogens (tertiary/aromatic N) is 1. The average Bonchev–Trinajstić information content (AvgIpc) is 2.61. The lowest BCUT2D eigenvalue weighted by Gasteiger charge is -2.34. The second-order valence-corrected chi connectivity index (χ2v) is 6.27. The number of hydrogen-bond donors (Lipinski definition) is 0. The lowest BCUT2D eigenvalue weighted by atomic mass is 10.0. The molecule has 24 heavy (non-hydrogen) atoms. The zero-order valence-electron chi connectivity index (χ0n) is 13.8. The van der Waals surface area contributed by atoms with E-state index in [1.165, 1.54) is 11.6 Å². The molecule has 1 unspecified atom stereocenters. The minimum atomic E-state index is -0.318. The zero-order valence-corrected chi connectivity index (χ0v) is 13.8. The van der Waals surface area contributed by atoms with Crippen LogP contribution in [0, 0.1) is 6.92 Å². The summed E-state index contributed by atoms with van der Waals surface area (Å²) < 4.78 is 11.4. The van der Waals surface area contributed by atoms with Gasteiger partial charge in [-0.1, -0.05) is 30.3 Å². The molecule has 2 aromatic carbocycles. The molecule has 1 aliphatic heterocycles. The summed E-state index contributed by atoms with van der Waals surface area (Å²) in [6.45, 7) is 5.30. The van der Waals surface area contributed by atoms with Crippen LogP contribution in [0.4, 0.5) is 0 Å². The normalized spacial score (nSPS) is 15.8. The van der Waals surface area contributed by atoms with Gasteiger partial charge in [-0.25, -0.2) is 4.79 Å². The van der Waals surface area contributed by atoms with Gasteiger partial charge in [-0.15, -0.1) is 0 Å². The third kappa shape index (κ3) is 2.49. The van der Waals surface area contributed by atoms with Crippen LogP contribution in [-0.4, -0.2) is 11.6 Å². The Bertz CT molecular complexity index is 946. The summed E-state index contributed by atoms with van der Waals surface area (Å²) in [5, 5.41) is 0.964. The maximum Gasteiger partial charge on any atom is 0.336 e. The molecule has 0 aliphatic carbocycles. The molecule has 0 saturated carbocycles. The van der Waals surface area contributed by atoms with Crippen LogP contribution in [0.1, 0.15) is 29.7 Å². The summed E-state index contributed by atoms with van der Waals surface area (Å²) in [5.41, 5.74) is 3.44. The van der Waals surface area contributed by atoms with Gasteiger partial charge in [0.2, 0.25) is 0 Å². The van der Waals surface area contributed by atoms with Crippen LogP contribution < -0.4 is 10.4 Å². The molecule has 1 aliphatic rings. The Balaban J connectivity index is 1.76. The molecule has 0 amide bonds. The first kappa shape index (κ1) is 15.0. The Morgan fingerprint density at radius 2 is 1.92 bits per heavy atom. The fourth-order valence-corrected chi connectivity index (χ4v) is 3.30. The van der Waals surface area contributed by atoms with E-state index in [1.54, 1.807) is 0 Å². The first-order chi connectivity index (χ1) is 11.6. The van der Waals surface area contributed by atoms with E-state index >= 15 is 0 Å². The molecule has 0 fully saturated rings. The Morgan fingerprint density at radius 1 is 1.12 bits per heavy atom. The molecule has 0 N–H and O–H groups in total. The molecular formula is C20H19NO3. The van der Waals surface area contributed by atoms with E-state index in [4.69, 9.17) is 9.15 Å². The molecule has 4 rings (SSSR count). The molecule has 0 saturated heterocycles. The van der Waals surface area contributed by atoms with Crippen LogP contribution in [0.3, 0.4) is 0 Å². The van der Waals surface area contributed by atoms with Gasteiger partial charge < -0.3 is 9.15 Å². The van der Waals surface area contributed by atoms with Gasteiger partial charge in [-0.3, -0.25) is 4.90 Å². The summed E-state index contributed by atoms with van der Waals surface area (Å²) in [4.78, 5) is 14.0. The van der Waals surface area contributed by atoms with Crippen LogP contribution in [0.25, 0.3) is 11.0 Å². The highest BCUT2D eigenvalue weighted by Crippen LogP contribution is 2.35. The van der Waals surface area contributed by atoms with Crippen molar-refractivity contribution >= 4 is 11.0 Å². The van der Waals surface area contributed by atoms with E-state index in [0.29, 0.717) is 18.9 Å². The summed E-state index contributed by atoms with van der Waals surface area (Å²) in [6.07, 6.45) is 0. The van der Waals surface area contributed by atoms with E-state index in [-0.39, 0.29) is 11.7 Å². The predicted molar refractivity (Wildman–Crippen MR) is 93.1 cm³/mol. The van der Waals surface area contributed by atoms with Crippen molar-refractivity contribution in [1.29, 1.82) is 0 Å². The third-order valence-corrected chi connectivity index (χ3v) is 4.76. The molecule has 1 atom stereocenters. The highest BCUT2D eigenvalue weighted by atomic mass is 16.5. The minimum Gasteiger partial charge on any atom is -0.478 e. The van der Waals surface area contributed by atoms with Gasteiger partial charge in [-0.05, 0) is 37.1 Å². The van der Waals surface area contributed by atoms with Crippen LogP contribution in [0.5, 0.6) is 5.75 Å². The lowest BCUT2D eigenvalue weighted by Crippen LogP contribution is -2.34. The highest BCUT2D eigenvalue weighted by Gasteiger charge is 2.25. The SMILES string of the molecule is Cc1cc(=O)oc2c3c(ccc12)OCN(C(C)c1ccccc1)C3. The van der Waals surface area contributed by atoms with Crippen LogP contribution >= 0.6 is 0 Å². The van der Waals surface area contributed by atoms with Crippen LogP contribution in [0.15, 0.2) is 57.7 Å². The summed E-state index contributed by atoms with van der Waals surface area (Å²) >= 11 is 0. The summed E-state index contributed by atoms with van der Waals surface area (Å²) in [5.74, 6) is 0.799. The van der Waals surface area contributed by atoms with Crippen molar-refractivity contribution in [1.82, 2.24) is 4.90 Å². The van der Waals surface area contributed by atoms with E-state index in [1.807, 2.05) is 37.3 Å². The number of aryl methyl sites for hydroxylation is 1. The number of fused-ring (bicyclic) bond motifs is 3. The van der Waals surface area contributed by atoms with Crippen molar-refractivity contribution < 1.29 is 9.15 Å². The second kappa shape index (κ2) is 5.80. The predicted octanol–water partition coefficient (Wildman–Crippen LogP) is 4.01. The van der Waals surface area contributed by atoms with Crippen molar-refractivity contribution in [3.63, 3.8) is 0 Å². The molecule has 3 aromatic rings. The van der Waals surface area contributed by atoms with Gasteiger partial charge >= 0.3 is 5.63 Å². The van der Waals surface area contributed by atoms with Crippen molar-refractivity contribution in [3.05, 3.63) is 75.6 Å². The fraction of sp³-hybridized carbons (Fsp3) is 0.250. The van der Waals surface area contributed by atoms with Gasteiger partial charge in [0.15, 0.2) is 0 Å². The van der Waals surface area contributed by atoms with Crippen LogP contribution in [-0.2, 0) is 6.54 Å². The van der Waals surface area contributed by atoms with E-state index < -0.39 is 0 Å². The van der Waals surface area contributed by atoms with E-state index in [9.17, 15) is 4.79 Å². The van der Waals surface area contributed by atoms with Crippen molar-refractivity contribution in [2.75, 3.05) is 6.73 Å². The Hall–Kier alpha value is -2.59. The lowest BCUT2D eigenvalue weighted by molar-refractivity contribution is 0.0620. The van der Waals surface area contributed by atoms with Gasteiger partial charge in [-0.2, -0.15) is 0 Å². The smallest absolute Gasteiger partial charge is 0.336 e. The summed E-state index contributed by atoms with van der Waals surface area (Å²) in [6, 6.07) is 16.0. The van der Waals surface area contributed by atoms with E-state index in [2.05, 4.69) is 24.0 Å². The third-order valence-electron chi connectivity index (χ3n) is 4.76. The topological polar surface area (TPSA) is 42.7 Å². The molecule has 4 heteroatoms. The highest BCUT2D eigenvalue weighted by molar-refractivity contribution is 5.85. The quantitative estimate of drug-likeness (QED) is 0.669. The monoisotopic (exact) mass is 321 g/mol. The van der Waals surface area contributed by atoms with Gasteiger partial charge in [0, 0.05) is 24.0 Å². The molecule has 0 bridgehead atoms. The zero-order chi connectivity index (χ0) is 16.7. The largest absolute Gasteiger partial charge is 0.478 e. The number of rotatable bonds is 2. The van der Waals surface area contributed by atoms with Crippen LogP contribution in [0.2, 0.25) is 0 Å². The Kier molecular flexibility index (Phi) is 3.62. The Labute approximate surface area is 140 Å². The fourth-order valence-electron chi connectivity index (χ4n) is 3.30. The van der Waals surface area contributed by atoms with Crippen molar-refractivity contribution in [2.45, 2.75) is 26.4 Å². The molecule has 0 radical (unpaired) electrons. The van der Waals surface area contributed by atoms with Crippen molar-refractivity contribution in [3.8, 4) is 5.75 Å². The molecule has 0 spiro atoms. The number of benzene rings is 2. The summed E-state index contributed by atoms with van der Waals surface area (Å²) in [7, 11) is 0. The molecular weight excluding hydrogens is 302 g/mol. The van der Waals surface area contributed by atoms with Gasteiger partial charge in [0.25, 0.3) is 0 Å². The average molecular weight is 321 g/mol. The minimum absolute atomic E-state index is 0.214. The van der Waals surface area contributed by atoms with Gasteiger partial charge in [0.1, 0.15) is 18.1 Å². The maximum absolute atomic E-state index is 11.8. The standard InChI is InChI=1S/C20H19NO3/c1-13-10-19(22)24-20-16(13)8-9-18-17(20)11-21(12-23-18)14(2)15-6-4-3-5-7-15/h3-10,14H,11-12H2,1-2H3. The van der Waals surface area contributed by atoms with Crippen molar-refractivity contribution in [2.24, 2.45) is 0 Å². The first-order valence-electron chi connectivity index (χ1n) is 8.11.